The fourth-order valence-electron chi connectivity index (χ4n) is 2.93. The number of esters is 1. The van der Waals surface area contributed by atoms with Crippen LogP contribution in [-0.4, -0.2) is 19.7 Å². The number of nitrogens with one attached hydrogen (secondary N) is 1. The van der Waals surface area contributed by atoms with Crippen LogP contribution in [0.2, 0.25) is 10.0 Å². The Balaban J connectivity index is 1.80. The number of hydrogen-bond donors (Lipinski definition) is 1. The molecule has 0 aliphatic carbocycles. The quantitative estimate of drug-likeness (QED) is 0.293. The van der Waals surface area contributed by atoms with Crippen molar-refractivity contribution in [2.24, 2.45) is 0 Å². The van der Waals surface area contributed by atoms with Gasteiger partial charge >= 0.3 is 5.97 Å². The van der Waals surface area contributed by atoms with Gasteiger partial charge in [-0.3, -0.25) is 4.79 Å². The average Bonchev–Trinajstić information content (AvgIpc) is 2.75. The summed E-state index contributed by atoms with van der Waals surface area (Å²) in [4.78, 5) is 11.8. The van der Waals surface area contributed by atoms with E-state index in [0.717, 1.165) is 6.07 Å². The van der Waals surface area contributed by atoms with Crippen LogP contribution >= 0.6 is 23.2 Å². The number of methoxy groups -OCH3 is 1. The lowest BCUT2D eigenvalue weighted by Gasteiger charge is -2.16. The van der Waals surface area contributed by atoms with E-state index < -0.39 is 23.4 Å². The summed E-state index contributed by atoms with van der Waals surface area (Å²) in [5, 5.41) is 3.86. The number of para-hydroxylation sites is 1. The van der Waals surface area contributed by atoms with E-state index in [4.69, 9.17) is 32.7 Å². The number of ether oxygens (including phenoxy) is 2. The standard InChI is InChI=1S/C23H18Cl2F3NO3/c1-31-22(30)10-14-5-6-15(11-21(14)29-23-16(24)3-2-4-17(23)25)32-8-7-13-9-19(27)20(28)12-18(13)26/h2-6,9,11-12,29H,7-8,10H2,1H3. The Labute approximate surface area is 192 Å². The van der Waals surface area contributed by atoms with Crippen molar-refractivity contribution in [1.29, 1.82) is 0 Å². The Kier molecular flexibility index (Phi) is 7.88. The summed E-state index contributed by atoms with van der Waals surface area (Å²) in [6.07, 6.45) is 0.00724. The van der Waals surface area contributed by atoms with Crippen molar-refractivity contribution in [3.05, 3.63) is 87.2 Å². The zero-order chi connectivity index (χ0) is 23.3. The smallest absolute Gasteiger partial charge is 0.310 e. The molecule has 1 N–H and O–H groups in total. The molecule has 4 nitrogen and oxygen atoms in total. The first kappa shape index (κ1) is 23.8. The normalized spacial score (nSPS) is 10.7. The second kappa shape index (κ2) is 10.6. The number of rotatable bonds is 8. The van der Waals surface area contributed by atoms with E-state index in [-0.39, 0.29) is 25.0 Å². The summed E-state index contributed by atoms with van der Waals surface area (Å²) >= 11 is 12.5. The maximum atomic E-state index is 13.8. The second-order valence-electron chi connectivity index (χ2n) is 6.75. The highest BCUT2D eigenvalue weighted by Crippen LogP contribution is 2.35. The molecule has 0 aliphatic rings. The van der Waals surface area contributed by atoms with Crippen LogP contribution in [0, 0.1) is 17.5 Å². The highest BCUT2D eigenvalue weighted by molar-refractivity contribution is 6.39. The zero-order valence-electron chi connectivity index (χ0n) is 16.9. The van der Waals surface area contributed by atoms with Crippen molar-refractivity contribution < 1.29 is 27.4 Å². The molecule has 9 heteroatoms. The molecule has 3 aromatic rings. The minimum atomic E-state index is -1.25. The van der Waals surface area contributed by atoms with Gasteiger partial charge in [-0.05, 0) is 35.4 Å². The van der Waals surface area contributed by atoms with Crippen LogP contribution in [0.25, 0.3) is 0 Å². The molecule has 32 heavy (non-hydrogen) atoms. The van der Waals surface area contributed by atoms with E-state index in [9.17, 15) is 18.0 Å². The molecule has 3 aromatic carbocycles. The maximum Gasteiger partial charge on any atom is 0.310 e. The molecule has 0 atom stereocenters. The SMILES string of the molecule is COC(=O)Cc1ccc(OCCc2cc(F)c(F)cc2F)cc1Nc1c(Cl)cccc1Cl. The summed E-state index contributed by atoms with van der Waals surface area (Å²) in [5.41, 5.74) is 1.55. The van der Waals surface area contributed by atoms with Gasteiger partial charge in [0, 0.05) is 24.2 Å². The third-order valence-electron chi connectivity index (χ3n) is 4.60. The maximum absolute atomic E-state index is 13.8. The Bertz CT molecular complexity index is 1120. The average molecular weight is 484 g/mol. The van der Waals surface area contributed by atoms with Crippen LogP contribution in [0.1, 0.15) is 11.1 Å². The fraction of sp³-hybridized carbons (Fsp3) is 0.174. The lowest BCUT2D eigenvalue weighted by Crippen LogP contribution is -2.08. The van der Waals surface area contributed by atoms with E-state index in [1.807, 2.05) is 0 Å². The minimum Gasteiger partial charge on any atom is -0.493 e. The molecule has 0 bridgehead atoms. The van der Waals surface area contributed by atoms with Gasteiger partial charge in [-0.2, -0.15) is 0 Å². The van der Waals surface area contributed by atoms with Crippen LogP contribution in [0.5, 0.6) is 5.75 Å². The van der Waals surface area contributed by atoms with Crippen LogP contribution in [0.3, 0.4) is 0 Å². The third kappa shape index (κ3) is 5.87. The van der Waals surface area contributed by atoms with Gasteiger partial charge in [-0.1, -0.05) is 35.3 Å². The molecule has 0 amide bonds. The first-order valence-corrected chi connectivity index (χ1v) is 10.2. The Morgan fingerprint density at radius 1 is 0.938 bits per heavy atom. The predicted octanol–water partition coefficient (Wildman–Crippen LogP) is 6.49. The molecule has 0 aliphatic heterocycles. The van der Waals surface area contributed by atoms with Crippen molar-refractivity contribution in [3.63, 3.8) is 0 Å². The predicted molar refractivity (Wildman–Crippen MR) is 117 cm³/mol. The van der Waals surface area contributed by atoms with E-state index in [2.05, 4.69) is 5.32 Å². The van der Waals surface area contributed by atoms with Crippen LogP contribution in [0.4, 0.5) is 24.5 Å². The highest BCUT2D eigenvalue weighted by atomic mass is 35.5. The molecular weight excluding hydrogens is 466 g/mol. The van der Waals surface area contributed by atoms with Gasteiger partial charge in [0.1, 0.15) is 11.6 Å². The molecule has 0 saturated carbocycles. The van der Waals surface area contributed by atoms with Crippen molar-refractivity contribution >= 4 is 40.5 Å². The fourth-order valence-corrected chi connectivity index (χ4v) is 3.42. The van der Waals surface area contributed by atoms with Crippen LogP contribution in [0.15, 0.2) is 48.5 Å². The molecule has 0 fully saturated rings. The van der Waals surface area contributed by atoms with Crippen molar-refractivity contribution in [2.45, 2.75) is 12.8 Å². The van der Waals surface area contributed by atoms with E-state index in [1.165, 1.54) is 7.11 Å². The van der Waals surface area contributed by atoms with Gasteiger partial charge in [0.2, 0.25) is 0 Å². The molecule has 0 radical (unpaired) electrons. The molecule has 168 valence electrons. The number of carbonyl (C=O) groups is 1. The highest BCUT2D eigenvalue weighted by Gasteiger charge is 2.14. The zero-order valence-corrected chi connectivity index (χ0v) is 18.4. The summed E-state index contributed by atoms with van der Waals surface area (Å²) in [5.74, 6) is -3.27. The van der Waals surface area contributed by atoms with E-state index >= 15 is 0 Å². The van der Waals surface area contributed by atoms with Gasteiger partial charge in [0.15, 0.2) is 11.6 Å². The second-order valence-corrected chi connectivity index (χ2v) is 7.56. The van der Waals surface area contributed by atoms with Crippen molar-refractivity contribution in [1.82, 2.24) is 0 Å². The summed E-state index contributed by atoms with van der Waals surface area (Å²) < 4.78 is 50.6. The number of halogens is 5. The summed E-state index contributed by atoms with van der Waals surface area (Å²) in [6, 6.07) is 11.2. The topological polar surface area (TPSA) is 47.6 Å². The first-order chi connectivity index (χ1) is 15.3. The molecule has 0 saturated heterocycles. The van der Waals surface area contributed by atoms with Crippen molar-refractivity contribution in [2.75, 3.05) is 19.0 Å². The molecule has 0 spiro atoms. The molecule has 0 aromatic heterocycles. The van der Waals surface area contributed by atoms with Gasteiger partial charge in [0.25, 0.3) is 0 Å². The number of hydrogen-bond acceptors (Lipinski definition) is 4. The molecular formula is C23H18Cl2F3NO3. The third-order valence-corrected chi connectivity index (χ3v) is 5.23. The largest absolute Gasteiger partial charge is 0.493 e. The van der Waals surface area contributed by atoms with Gasteiger partial charge in [-0.15, -0.1) is 0 Å². The number of anilines is 2. The summed E-state index contributed by atoms with van der Waals surface area (Å²) in [6.45, 7) is 0.00459. The number of carbonyl (C=O) groups excluding carboxylic acids is 1. The van der Waals surface area contributed by atoms with Gasteiger partial charge in [0.05, 0.1) is 35.9 Å². The Morgan fingerprint density at radius 3 is 2.31 bits per heavy atom. The van der Waals surface area contributed by atoms with Crippen LogP contribution < -0.4 is 10.1 Å². The Hall–Kier alpha value is -2.90. The van der Waals surface area contributed by atoms with E-state index in [1.54, 1.807) is 36.4 Å². The number of benzene rings is 3. The Morgan fingerprint density at radius 2 is 1.62 bits per heavy atom. The first-order valence-electron chi connectivity index (χ1n) is 9.45. The summed E-state index contributed by atoms with van der Waals surface area (Å²) in [7, 11) is 1.29. The van der Waals surface area contributed by atoms with Gasteiger partial charge in [-0.25, -0.2) is 13.2 Å². The lowest BCUT2D eigenvalue weighted by molar-refractivity contribution is -0.139. The monoisotopic (exact) mass is 483 g/mol. The van der Waals surface area contributed by atoms with Gasteiger partial charge < -0.3 is 14.8 Å². The lowest BCUT2D eigenvalue weighted by atomic mass is 10.1. The van der Waals surface area contributed by atoms with Crippen molar-refractivity contribution in [3.8, 4) is 5.75 Å². The molecule has 0 heterocycles. The molecule has 0 unspecified atom stereocenters. The molecule has 3 rings (SSSR count). The minimum absolute atomic E-state index is 0.00459. The van der Waals surface area contributed by atoms with Crippen LogP contribution in [-0.2, 0) is 22.4 Å². The van der Waals surface area contributed by atoms with E-state index in [0.29, 0.717) is 38.8 Å².